The molecule has 0 saturated carbocycles. The molecule has 1 aromatic heterocycles. The molecule has 1 amide bonds. The van der Waals surface area contributed by atoms with Gasteiger partial charge in [-0.05, 0) is 31.7 Å². The van der Waals surface area contributed by atoms with Crippen LogP contribution in [0.4, 0.5) is 4.39 Å². The maximum absolute atomic E-state index is 13.3. The van der Waals surface area contributed by atoms with Crippen LogP contribution >= 0.6 is 0 Å². The molecule has 0 bridgehead atoms. The Morgan fingerprint density at radius 3 is 2.54 bits per heavy atom. The molecule has 5 rings (SSSR count). The van der Waals surface area contributed by atoms with Crippen LogP contribution in [0.5, 0.6) is 0 Å². The highest BCUT2D eigenvalue weighted by Crippen LogP contribution is 2.33. The van der Waals surface area contributed by atoms with Gasteiger partial charge >= 0.3 is 0 Å². The van der Waals surface area contributed by atoms with Gasteiger partial charge in [0.25, 0.3) is 12.4 Å². The highest BCUT2D eigenvalue weighted by Gasteiger charge is 2.38. The minimum absolute atomic E-state index is 0.184. The number of para-hydroxylation sites is 1. The Balaban J connectivity index is 0.000000604. The Bertz CT molecular complexity index is 867. The van der Waals surface area contributed by atoms with Crippen LogP contribution in [0.3, 0.4) is 0 Å². The third kappa shape index (κ3) is 3.28. The van der Waals surface area contributed by atoms with Gasteiger partial charge in [0.05, 0.1) is 5.56 Å². The first-order chi connectivity index (χ1) is 13.6. The van der Waals surface area contributed by atoms with Gasteiger partial charge in [0, 0.05) is 55.4 Å². The van der Waals surface area contributed by atoms with Crippen LogP contribution in [-0.2, 0) is 17.8 Å². The maximum Gasteiger partial charge on any atom is 0.290 e. The zero-order valence-electron chi connectivity index (χ0n) is 15.9. The lowest BCUT2D eigenvalue weighted by atomic mass is 9.99. The number of likely N-dealkylation sites (tertiary alicyclic amines) is 2. The molecule has 0 unspecified atom stereocenters. The third-order valence-electron chi connectivity index (χ3n) is 6.21. The third-order valence-corrected chi connectivity index (χ3v) is 6.21. The van der Waals surface area contributed by atoms with E-state index >= 15 is 0 Å². The highest BCUT2D eigenvalue weighted by atomic mass is 19.1. The quantitative estimate of drug-likeness (QED) is 0.805. The molecule has 6 nitrogen and oxygen atoms in total. The molecule has 3 aliphatic heterocycles. The molecular formula is C21H26FN3O3. The molecule has 2 aromatic rings. The molecule has 1 aromatic carbocycles. The fourth-order valence-corrected chi connectivity index (χ4v) is 4.76. The molecule has 4 heterocycles. The van der Waals surface area contributed by atoms with Crippen LogP contribution in [0, 0.1) is 0 Å². The van der Waals surface area contributed by atoms with Crippen molar-refractivity contribution >= 4 is 23.3 Å². The Hall–Kier alpha value is -2.41. The molecule has 150 valence electrons. The first kappa shape index (κ1) is 18.9. The summed E-state index contributed by atoms with van der Waals surface area (Å²) in [5.74, 6) is 0.184. The van der Waals surface area contributed by atoms with Crippen molar-refractivity contribution < 1.29 is 19.1 Å². The number of amides is 1. The van der Waals surface area contributed by atoms with Crippen molar-refractivity contribution in [3.8, 4) is 0 Å². The number of alkyl halides is 1. The average Bonchev–Trinajstić information content (AvgIpc) is 3.23. The molecule has 28 heavy (non-hydrogen) atoms. The number of hydrogen-bond acceptors (Lipinski definition) is 3. The number of aryl methyl sites for hydroxylation is 1. The summed E-state index contributed by atoms with van der Waals surface area (Å²) in [6.45, 7) is 4.00. The first-order valence-electron chi connectivity index (χ1n) is 9.99. The number of benzene rings is 1. The molecule has 1 N–H and O–H groups in total. The molecule has 0 spiro atoms. The van der Waals surface area contributed by atoms with Gasteiger partial charge in [-0.15, -0.1) is 0 Å². The van der Waals surface area contributed by atoms with Gasteiger partial charge in [0.2, 0.25) is 0 Å². The lowest BCUT2D eigenvalue weighted by Gasteiger charge is -2.47. The standard InChI is InChI=1S/C20H24FN3O.CH2O2/c21-14-7-10-22(11-8-14)15-12-23(13-15)20(25)19-16-4-1-2-5-17(16)24-9-3-6-18(19)24;2-1-3/h1-2,4-5,14-15H,3,6-13H2;1H,(H,2,3). The Labute approximate surface area is 163 Å². The van der Waals surface area contributed by atoms with E-state index in [0.29, 0.717) is 18.9 Å². The van der Waals surface area contributed by atoms with Gasteiger partial charge in [-0.3, -0.25) is 14.5 Å². The van der Waals surface area contributed by atoms with Crippen molar-refractivity contribution in [2.45, 2.75) is 44.4 Å². The second-order valence-corrected chi connectivity index (χ2v) is 7.77. The zero-order valence-corrected chi connectivity index (χ0v) is 15.9. The number of fused-ring (bicyclic) bond motifs is 3. The second-order valence-electron chi connectivity index (χ2n) is 7.77. The number of carbonyl (C=O) groups excluding carboxylic acids is 1. The molecule has 7 heteroatoms. The lowest BCUT2D eigenvalue weighted by Crippen LogP contribution is -2.62. The number of halogens is 1. The monoisotopic (exact) mass is 387 g/mol. The van der Waals surface area contributed by atoms with Crippen molar-refractivity contribution in [2.24, 2.45) is 0 Å². The van der Waals surface area contributed by atoms with Crippen molar-refractivity contribution in [3.05, 3.63) is 35.5 Å². The number of rotatable bonds is 2. The molecule has 0 atom stereocenters. The molecule has 0 aliphatic carbocycles. The number of carboxylic acid groups (broad SMARTS) is 1. The van der Waals surface area contributed by atoms with Gasteiger partial charge in [-0.25, -0.2) is 4.39 Å². The number of hydrogen-bond donors (Lipinski definition) is 1. The smallest absolute Gasteiger partial charge is 0.290 e. The second kappa shape index (κ2) is 7.91. The van der Waals surface area contributed by atoms with Crippen molar-refractivity contribution in [1.29, 1.82) is 0 Å². The lowest BCUT2D eigenvalue weighted by molar-refractivity contribution is -0.122. The van der Waals surface area contributed by atoms with E-state index < -0.39 is 6.17 Å². The fourth-order valence-electron chi connectivity index (χ4n) is 4.76. The van der Waals surface area contributed by atoms with Gasteiger partial charge in [0.15, 0.2) is 0 Å². The van der Waals surface area contributed by atoms with Crippen LogP contribution in [0.25, 0.3) is 10.9 Å². The average molecular weight is 387 g/mol. The van der Waals surface area contributed by atoms with Gasteiger partial charge < -0.3 is 14.6 Å². The summed E-state index contributed by atoms with van der Waals surface area (Å²) in [5, 5.41) is 7.99. The van der Waals surface area contributed by atoms with Gasteiger partial charge in [0.1, 0.15) is 6.17 Å². The van der Waals surface area contributed by atoms with Gasteiger partial charge in [-0.2, -0.15) is 0 Å². The van der Waals surface area contributed by atoms with Crippen molar-refractivity contribution in [3.63, 3.8) is 0 Å². The Morgan fingerprint density at radius 2 is 1.82 bits per heavy atom. The zero-order chi connectivity index (χ0) is 19.7. The number of piperidine rings is 1. The van der Waals surface area contributed by atoms with E-state index in [1.165, 1.54) is 11.2 Å². The minimum atomic E-state index is -0.635. The van der Waals surface area contributed by atoms with Crippen LogP contribution in [0.2, 0.25) is 0 Å². The molecule has 3 aliphatic rings. The van der Waals surface area contributed by atoms with E-state index in [-0.39, 0.29) is 12.4 Å². The summed E-state index contributed by atoms with van der Waals surface area (Å²) in [4.78, 5) is 25.9. The maximum atomic E-state index is 13.3. The summed E-state index contributed by atoms with van der Waals surface area (Å²) in [6.07, 6.45) is 2.77. The summed E-state index contributed by atoms with van der Waals surface area (Å²) in [5.41, 5.74) is 3.34. The molecule has 2 fully saturated rings. The molecular weight excluding hydrogens is 361 g/mol. The summed E-state index contributed by atoms with van der Waals surface area (Å²) in [6, 6.07) is 8.70. The van der Waals surface area contributed by atoms with E-state index in [4.69, 9.17) is 9.90 Å². The number of nitrogens with zero attached hydrogens (tertiary/aromatic N) is 3. The van der Waals surface area contributed by atoms with E-state index in [1.807, 2.05) is 11.0 Å². The van der Waals surface area contributed by atoms with Crippen molar-refractivity contribution in [2.75, 3.05) is 26.2 Å². The number of carbonyl (C=O) groups is 2. The summed E-state index contributed by atoms with van der Waals surface area (Å²) >= 11 is 0. The number of aromatic nitrogens is 1. The largest absolute Gasteiger partial charge is 0.483 e. The molecule has 0 radical (unpaired) electrons. The topological polar surface area (TPSA) is 65.8 Å². The van der Waals surface area contributed by atoms with Crippen LogP contribution in [0.15, 0.2) is 24.3 Å². The SMILES string of the molecule is O=C(c1c2n(c3ccccc13)CCC2)N1CC(N2CCC(F)CC2)C1.O=CO. The summed E-state index contributed by atoms with van der Waals surface area (Å²) < 4.78 is 15.6. The van der Waals surface area contributed by atoms with Crippen molar-refractivity contribution in [1.82, 2.24) is 14.4 Å². The molecule has 2 saturated heterocycles. The summed E-state index contributed by atoms with van der Waals surface area (Å²) in [7, 11) is 0. The normalized spacial score (nSPS) is 20.4. The van der Waals surface area contributed by atoms with Crippen LogP contribution < -0.4 is 0 Å². The van der Waals surface area contributed by atoms with E-state index in [2.05, 4.69) is 27.7 Å². The van der Waals surface area contributed by atoms with E-state index in [1.54, 1.807) is 0 Å². The van der Waals surface area contributed by atoms with Crippen LogP contribution in [-0.4, -0.2) is 70.2 Å². The Morgan fingerprint density at radius 1 is 1.14 bits per heavy atom. The fraction of sp³-hybridized carbons (Fsp3) is 0.524. The van der Waals surface area contributed by atoms with E-state index in [0.717, 1.165) is 56.5 Å². The van der Waals surface area contributed by atoms with Crippen LogP contribution in [0.1, 0.15) is 35.3 Å². The van der Waals surface area contributed by atoms with E-state index in [9.17, 15) is 9.18 Å². The Kier molecular flexibility index (Phi) is 5.35. The first-order valence-corrected chi connectivity index (χ1v) is 9.99. The predicted molar refractivity (Wildman–Crippen MR) is 104 cm³/mol. The van der Waals surface area contributed by atoms with Gasteiger partial charge in [-0.1, -0.05) is 18.2 Å². The minimum Gasteiger partial charge on any atom is -0.483 e. The highest BCUT2D eigenvalue weighted by molar-refractivity contribution is 6.09. The predicted octanol–water partition coefficient (Wildman–Crippen LogP) is 2.55.